The Morgan fingerprint density at radius 2 is 1.26 bits per heavy atom. The summed E-state index contributed by atoms with van der Waals surface area (Å²) >= 11 is 0. The van der Waals surface area contributed by atoms with Crippen LogP contribution in [0.1, 0.15) is 33.9 Å². The summed E-state index contributed by atoms with van der Waals surface area (Å²) in [7, 11) is 5.00. The van der Waals surface area contributed by atoms with Crippen molar-refractivity contribution in [2.45, 2.75) is 25.4 Å². The molecule has 1 heterocycles. The summed E-state index contributed by atoms with van der Waals surface area (Å²) < 4.78 is 16.8. The molecular formula is C29H34N2O3. The molecule has 5 nitrogen and oxygen atoms in total. The van der Waals surface area contributed by atoms with Gasteiger partial charge in [-0.15, -0.1) is 0 Å². The number of aryl methyl sites for hydroxylation is 2. The van der Waals surface area contributed by atoms with Crippen LogP contribution in [0.3, 0.4) is 0 Å². The van der Waals surface area contributed by atoms with Crippen molar-refractivity contribution in [3.05, 3.63) is 88.5 Å². The minimum absolute atomic E-state index is 0.327. The highest BCUT2D eigenvalue weighted by Crippen LogP contribution is 2.41. The van der Waals surface area contributed by atoms with Gasteiger partial charge in [0.15, 0.2) is 11.5 Å². The number of hydrogen-bond donors (Lipinski definition) is 0. The molecule has 1 aliphatic heterocycles. The Balaban J connectivity index is 1.36. The minimum atomic E-state index is 0.327. The maximum Gasteiger partial charge on any atom is 0.203 e. The maximum atomic E-state index is 5.72. The standard InChI is InChI=1S/C29H34N2O3/c1-32-26-15-14-23(28(33-2)29(26)34-3)20-30-16-18-31(19-17-30)27-24-10-6-4-8-21(24)12-13-22-9-5-7-11-25(22)27/h4-11,14-15,27H,12-13,16-20H2,1-3H3. The second-order valence-corrected chi connectivity index (χ2v) is 9.11. The molecule has 1 fully saturated rings. The number of rotatable bonds is 6. The number of fused-ring (bicyclic) bond motifs is 2. The summed E-state index contributed by atoms with van der Waals surface area (Å²) in [5.74, 6) is 2.11. The van der Waals surface area contributed by atoms with Gasteiger partial charge in [0.1, 0.15) is 0 Å². The van der Waals surface area contributed by atoms with Gasteiger partial charge in [-0.3, -0.25) is 9.80 Å². The molecule has 1 saturated heterocycles. The fraction of sp³-hybridized carbons (Fsp3) is 0.379. The molecule has 0 N–H and O–H groups in total. The summed E-state index contributed by atoms with van der Waals surface area (Å²) in [6.45, 7) is 4.91. The number of methoxy groups -OCH3 is 3. The predicted octanol–water partition coefficient (Wildman–Crippen LogP) is 4.72. The third-order valence-electron chi connectivity index (χ3n) is 7.31. The molecule has 0 unspecified atom stereocenters. The normalized spacial score (nSPS) is 16.9. The van der Waals surface area contributed by atoms with E-state index < -0.39 is 0 Å². The lowest BCUT2D eigenvalue weighted by molar-refractivity contribution is 0.104. The van der Waals surface area contributed by atoms with Gasteiger partial charge in [-0.05, 0) is 41.2 Å². The smallest absolute Gasteiger partial charge is 0.203 e. The molecule has 0 aromatic heterocycles. The number of ether oxygens (including phenoxy) is 3. The van der Waals surface area contributed by atoms with Crippen LogP contribution >= 0.6 is 0 Å². The quantitative estimate of drug-likeness (QED) is 0.534. The molecule has 3 aromatic carbocycles. The van der Waals surface area contributed by atoms with Crippen LogP contribution in [0.15, 0.2) is 60.7 Å². The molecule has 0 spiro atoms. The molecule has 5 rings (SSSR count). The molecule has 34 heavy (non-hydrogen) atoms. The zero-order valence-electron chi connectivity index (χ0n) is 20.4. The number of benzene rings is 3. The average molecular weight is 459 g/mol. The van der Waals surface area contributed by atoms with Gasteiger partial charge >= 0.3 is 0 Å². The summed E-state index contributed by atoms with van der Waals surface area (Å²) in [6.07, 6.45) is 2.23. The first kappa shape index (κ1) is 22.8. The average Bonchev–Trinajstić information content (AvgIpc) is 3.06. The maximum absolute atomic E-state index is 5.72. The zero-order valence-corrected chi connectivity index (χ0v) is 20.4. The zero-order chi connectivity index (χ0) is 23.5. The lowest BCUT2D eigenvalue weighted by Crippen LogP contribution is -2.47. The van der Waals surface area contributed by atoms with Gasteiger partial charge in [-0.2, -0.15) is 0 Å². The Morgan fingerprint density at radius 3 is 1.82 bits per heavy atom. The summed E-state index contributed by atoms with van der Waals surface area (Å²) in [4.78, 5) is 5.18. The Hall–Kier alpha value is -3.02. The van der Waals surface area contributed by atoms with Crippen LogP contribution < -0.4 is 14.2 Å². The van der Waals surface area contributed by atoms with Gasteiger partial charge in [0.2, 0.25) is 5.75 Å². The molecule has 5 heteroatoms. The van der Waals surface area contributed by atoms with E-state index in [0.29, 0.717) is 17.5 Å². The second-order valence-electron chi connectivity index (χ2n) is 9.11. The number of piperazine rings is 1. The van der Waals surface area contributed by atoms with Crippen molar-refractivity contribution in [3.8, 4) is 17.2 Å². The summed E-state index contributed by atoms with van der Waals surface area (Å²) in [5, 5.41) is 0. The van der Waals surface area contributed by atoms with E-state index in [4.69, 9.17) is 14.2 Å². The summed E-state index contributed by atoms with van der Waals surface area (Å²) in [5.41, 5.74) is 7.05. The monoisotopic (exact) mass is 458 g/mol. The highest BCUT2D eigenvalue weighted by atomic mass is 16.5. The Labute approximate surface area is 202 Å². The van der Waals surface area contributed by atoms with E-state index in [1.54, 1.807) is 21.3 Å². The molecule has 1 aliphatic carbocycles. The fourth-order valence-corrected chi connectivity index (χ4v) is 5.60. The third kappa shape index (κ3) is 4.26. The van der Waals surface area contributed by atoms with E-state index in [9.17, 15) is 0 Å². The van der Waals surface area contributed by atoms with Gasteiger partial charge < -0.3 is 14.2 Å². The van der Waals surface area contributed by atoms with Gasteiger partial charge in [0, 0.05) is 38.3 Å². The minimum Gasteiger partial charge on any atom is -0.493 e. The van der Waals surface area contributed by atoms with Crippen LogP contribution in [-0.2, 0) is 19.4 Å². The van der Waals surface area contributed by atoms with Gasteiger partial charge in [0.25, 0.3) is 0 Å². The van der Waals surface area contributed by atoms with Crippen LogP contribution in [0.25, 0.3) is 0 Å². The van der Waals surface area contributed by atoms with E-state index in [1.165, 1.54) is 22.3 Å². The number of hydrogen-bond acceptors (Lipinski definition) is 5. The number of nitrogens with zero attached hydrogens (tertiary/aromatic N) is 2. The fourth-order valence-electron chi connectivity index (χ4n) is 5.60. The van der Waals surface area contributed by atoms with Crippen molar-refractivity contribution in [1.29, 1.82) is 0 Å². The first-order valence-corrected chi connectivity index (χ1v) is 12.1. The predicted molar refractivity (Wildman–Crippen MR) is 135 cm³/mol. The lowest BCUT2D eigenvalue weighted by atomic mass is 9.92. The molecule has 0 amide bonds. The second kappa shape index (κ2) is 10.1. The highest BCUT2D eigenvalue weighted by Gasteiger charge is 2.31. The van der Waals surface area contributed by atoms with E-state index in [2.05, 4.69) is 64.4 Å². The highest BCUT2D eigenvalue weighted by molar-refractivity contribution is 5.55. The van der Waals surface area contributed by atoms with Crippen LogP contribution in [0.4, 0.5) is 0 Å². The Bertz CT molecular complexity index is 1090. The van der Waals surface area contributed by atoms with Crippen molar-refractivity contribution < 1.29 is 14.2 Å². The lowest BCUT2D eigenvalue weighted by Gasteiger charge is -2.40. The molecule has 3 aromatic rings. The summed E-state index contributed by atoms with van der Waals surface area (Å²) in [6, 6.07) is 22.4. The largest absolute Gasteiger partial charge is 0.493 e. The molecule has 0 bridgehead atoms. The Morgan fingerprint density at radius 1 is 0.676 bits per heavy atom. The third-order valence-corrected chi connectivity index (χ3v) is 7.31. The van der Waals surface area contributed by atoms with Gasteiger partial charge in [-0.1, -0.05) is 54.6 Å². The first-order chi connectivity index (χ1) is 16.7. The van der Waals surface area contributed by atoms with Crippen LogP contribution in [-0.4, -0.2) is 57.3 Å². The van der Waals surface area contributed by atoms with Crippen molar-refractivity contribution in [2.75, 3.05) is 47.5 Å². The topological polar surface area (TPSA) is 34.2 Å². The first-order valence-electron chi connectivity index (χ1n) is 12.1. The van der Waals surface area contributed by atoms with E-state index in [1.807, 2.05) is 6.07 Å². The van der Waals surface area contributed by atoms with Crippen LogP contribution in [0, 0.1) is 0 Å². The van der Waals surface area contributed by atoms with Crippen molar-refractivity contribution >= 4 is 0 Å². The molecule has 2 aliphatic rings. The van der Waals surface area contributed by atoms with Crippen molar-refractivity contribution in [3.63, 3.8) is 0 Å². The van der Waals surface area contributed by atoms with E-state index in [-0.39, 0.29) is 0 Å². The molecule has 0 saturated carbocycles. The molecule has 0 radical (unpaired) electrons. The van der Waals surface area contributed by atoms with Crippen LogP contribution in [0.2, 0.25) is 0 Å². The SMILES string of the molecule is COc1ccc(CN2CCN(C3c4ccccc4CCc4ccccc43)CC2)c(OC)c1OC. The molecule has 0 atom stereocenters. The van der Waals surface area contributed by atoms with Gasteiger partial charge in [-0.25, -0.2) is 0 Å². The van der Waals surface area contributed by atoms with Gasteiger partial charge in [0.05, 0.1) is 27.4 Å². The molecule has 178 valence electrons. The van der Waals surface area contributed by atoms with Crippen molar-refractivity contribution in [2.24, 2.45) is 0 Å². The van der Waals surface area contributed by atoms with Crippen molar-refractivity contribution in [1.82, 2.24) is 9.80 Å². The van der Waals surface area contributed by atoms with Crippen LogP contribution in [0.5, 0.6) is 17.2 Å². The van der Waals surface area contributed by atoms with E-state index in [0.717, 1.165) is 56.9 Å². The Kier molecular flexibility index (Phi) is 6.75. The molecular weight excluding hydrogens is 424 g/mol. The van der Waals surface area contributed by atoms with E-state index >= 15 is 0 Å².